The highest BCUT2D eigenvalue weighted by Crippen LogP contribution is 2.30. The lowest BCUT2D eigenvalue weighted by Crippen LogP contribution is -2.19. The van der Waals surface area contributed by atoms with Gasteiger partial charge in [-0.3, -0.25) is 4.79 Å². The Kier molecular flexibility index (Phi) is 9.13. The van der Waals surface area contributed by atoms with Crippen molar-refractivity contribution in [3.05, 3.63) is 94.9 Å². The summed E-state index contributed by atoms with van der Waals surface area (Å²) in [5, 5.41) is 6.09. The predicted molar refractivity (Wildman–Crippen MR) is 147 cm³/mol. The monoisotopic (exact) mass is 517 g/mol. The van der Waals surface area contributed by atoms with E-state index in [2.05, 4.69) is 28.5 Å². The van der Waals surface area contributed by atoms with E-state index in [1.54, 1.807) is 6.21 Å². The first-order valence-electron chi connectivity index (χ1n) is 11.5. The zero-order valence-electron chi connectivity index (χ0n) is 20.1. The second-order valence-electron chi connectivity index (χ2n) is 7.80. The number of hydrogen-bond donors (Lipinski definition) is 1. The molecule has 0 aliphatic carbocycles. The van der Waals surface area contributed by atoms with Crippen molar-refractivity contribution in [2.24, 2.45) is 5.10 Å². The summed E-state index contributed by atoms with van der Waals surface area (Å²) in [5.74, 6) is 1.33. The maximum absolute atomic E-state index is 12.2. The third-order valence-corrected chi connectivity index (χ3v) is 7.22. The van der Waals surface area contributed by atoms with E-state index in [1.165, 1.54) is 28.7 Å². The summed E-state index contributed by atoms with van der Waals surface area (Å²) in [6, 6.07) is 23.7. The van der Waals surface area contributed by atoms with Crippen LogP contribution in [0.5, 0.6) is 11.5 Å². The fraction of sp³-hybridized carbons (Fsp3) is 0.179. The van der Waals surface area contributed by atoms with Gasteiger partial charge in [-0.05, 0) is 48.7 Å². The second-order valence-corrected chi connectivity index (χ2v) is 9.88. The summed E-state index contributed by atoms with van der Waals surface area (Å²) < 4.78 is 12.6. The van der Waals surface area contributed by atoms with Gasteiger partial charge in [0.05, 0.1) is 24.3 Å². The number of rotatable bonds is 11. The standard InChI is InChI=1S/C28H27N3O3S2/c1-3-33-26-15-21(13-14-25(26)34-17-23-12-8-7-9-20(23)2)16-29-31-27(32)19-36-28-30-24(18-35-28)22-10-5-4-6-11-22/h4-16,18H,3,17,19H2,1-2H3,(H,31,32)/b29-16+. The first-order chi connectivity index (χ1) is 17.6. The van der Waals surface area contributed by atoms with Crippen LogP contribution < -0.4 is 14.9 Å². The highest BCUT2D eigenvalue weighted by molar-refractivity contribution is 8.01. The molecule has 0 saturated heterocycles. The average molecular weight is 518 g/mol. The van der Waals surface area contributed by atoms with Crippen molar-refractivity contribution in [3.8, 4) is 22.8 Å². The van der Waals surface area contributed by atoms with E-state index in [-0.39, 0.29) is 11.7 Å². The van der Waals surface area contributed by atoms with Crippen LogP contribution in [0.1, 0.15) is 23.6 Å². The van der Waals surface area contributed by atoms with Gasteiger partial charge in [0.2, 0.25) is 0 Å². The van der Waals surface area contributed by atoms with Gasteiger partial charge in [-0.25, -0.2) is 10.4 Å². The zero-order valence-corrected chi connectivity index (χ0v) is 21.8. The Labute approximate surface area is 219 Å². The van der Waals surface area contributed by atoms with Crippen LogP contribution in [0.4, 0.5) is 0 Å². The lowest BCUT2D eigenvalue weighted by Gasteiger charge is -2.13. The highest BCUT2D eigenvalue weighted by atomic mass is 32.2. The van der Waals surface area contributed by atoms with E-state index >= 15 is 0 Å². The number of aromatic nitrogens is 1. The quantitative estimate of drug-likeness (QED) is 0.143. The number of ether oxygens (including phenoxy) is 2. The molecule has 3 aromatic carbocycles. The molecule has 0 aliphatic rings. The highest BCUT2D eigenvalue weighted by Gasteiger charge is 2.09. The molecule has 0 bridgehead atoms. The lowest BCUT2D eigenvalue weighted by atomic mass is 10.1. The molecule has 1 amide bonds. The van der Waals surface area contributed by atoms with Crippen molar-refractivity contribution in [2.45, 2.75) is 24.8 Å². The van der Waals surface area contributed by atoms with Gasteiger partial charge in [0.25, 0.3) is 5.91 Å². The number of nitrogens with one attached hydrogen (secondary N) is 1. The SMILES string of the molecule is CCOc1cc(/C=N/NC(=O)CSc2nc(-c3ccccc3)cs2)ccc1OCc1ccccc1C. The minimum Gasteiger partial charge on any atom is -0.490 e. The largest absolute Gasteiger partial charge is 0.490 e. The van der Waals surface area contributed by atoms with Crippen molar-refractivity contribution in [1.82, 2.24) is 10.4 Å². The summed E-state index contributed by atoms with van der Waals surface area (Å²) in [6.07, 6.45) is 1.59. The van der Waals surface area contributed by atoms with Crippen LogP contribution >= 0.6 is 23.1 Å². The topological polar surface area (TPSA) is 72.8 Å². The normalized spacial score (nSPS) is 10.9. The summed E-state index contributed by atoms with van der Waals surface area (Å²) in [6.45, 7) is 4.96. The number of carbonyl (C=O) groups excluding carboxylic acids is 1. The van der Waals surface area contributed by atoms with Gasteiger partial charge in [0, 0.05) is 10.9 Å². The molecule has 8 heteroatoms. The molecule has 0 fully saturated rings. The number of benzene rings is 3. The first-order valence-corrected chi connectivity index (χ1v) is 13.4. The Hall–Kier alpha value is -3.62. The molecule has 0 saturated carbocycles. The van der Waals surface area contributed by atoms with Gasteiger partial charge in [0.15, 0.2) is 15.8 Å². The average Bonchev–Trinajstić information content (AvgIpc) is 3.38. The number of carbonyl (C=O) groups is 1. The Morgan fingerprint density at radius 2 is 1.86 bits per heavy atom. The van der Waals surface area contributed by atoms with Crippen molar-refractivity contribution < 1.29 is 14.3 Å². The van der Waals surface area contributed by atoms with Crippen LogP contribution in [0.15, 0.2) is 87.6 Å². The van der Waals surface area contributed by atoms with Crippen LogP contribution in [-0.2, 0) is 11.4 Å². The van der Waals surface area contributed by atoms with Crippen LogP contribution in [0, 0.1) is 6.92 Å². The molecule has 4 aromatic rings. The molecule has 6 nitrogen and oxygen atoms in total. The summed E-state index contributed by atoms with van der Waals surface area (Å²) in [5.41, 5.74) is 7.65. The molecule has 1 aromatic heterocycles. The Balaban J connectivity index is 1.29. The smallest absolute Gasteiger partial charge is 0.250 e. The molecule has 0 unspecified atom stereocenters. The third kappa shape index (κ3) is 7.19. The van der Waals surface area contributed by atoms with Crippen molar-refractivity contribution in [1.29, 1.82) is 0 Å². The molecular formula is C28H27N3O3S2. The molecule has 0 aliphatic heterocycles. The van der Waals surface area contributed by atoms with Crippen LogP contribution in [-0.4, -0.2) is 29.5 Å². The predicted octanol–water partition coefficient (Wildman–Crippen LogP) is 6.34. The molecule has 36 heavy (non-hydrogen) atoms. The Morgan fingerprint density at radius 3 is 2.67 bits per heavy atom. The fourth-order valence-corrected chi connectivity index (χ4v) is 4.95. The number of nitrogens with zero attached hydrogens (tertiary/aromatic N) is 2. The summed E-state index contributed by atoms with van der Waals surface area (Å²) in [7, 11) is 0. The van der Waals surface area contributed by atoms with Crippen LogP contribution in [0.25, 0.3) is 11.3 Å². The number of aryl methyl sites for hydroxylation is 1. The van der Waals surface area contributed by atoms with Gasteiger partial charge in [-0.1, -0.05) is 66.4 Å². The van der Waals surface area contributed by atoms with Gasteiger partial charge in [-0.2, -0.15) is 5.10 Å². The first kappa shape index (κ1) is 25.5. The molecule has 0 spiro atoms. The number of hydrazone groups is 1. The van der Waals surface area contributed by atoms with Gasteiger partial charge < -0.3 is 9.47 Å². The van der Waals surface area contributed by atoms with E-state index in [0.29, 0.717) is 24.7 Å². The van der Waals surface area contributed by atoms with Crippen molar-refractivity contribution in [2.75, 3.05) is 12.4 Å². The Morgan fingerprint density at radius 1 is 1.06 bits per heavy atom. The van der Waals surface area contributed by atoms with E-state index in [4.69, 9.17) is 9.47 Å². The number of hydrogen-bond acceptors (Lipinski definition) is 7. The molecule has 1 N–H and O–H groups in total. The molecule has 184 valence electrons. The maximum Gasteiger partial charge on any atom is 0.250 e. The minimum absolute atomic E-state index is 0.198. The lowest BCUT2D eigenvalue weighted by molar-refractivity contribution is -0.118. The molecule has 1 heterocycles. The van der Waals surface area contributed by atoms with Crippen LogP contribution in [0.3, 0.4) is 0 Å². The summed E-state index contributed by atoms with van der Waals surface area (Å²) in [4.78, 5) is 16.8. The fourth-order valence-electron chi connectivity index (χ4n) is 3.32. The number of amides is 1. The molecule has 0 radical (unpaired) electrons. The minimum atomic E-state index is -0.198. The van der Waals surface area contributed by atoms with Gasteiger partial charge in [-0.15, -0.1) is 11.3 Å². The maximum atomic E-state index is 12.2. The van der Waals surface area contributed by atoms with E-state index in [0.717, 1.165) is 26.7 Å². The third-order valence-electron chi connectivity index (χ3n) is 5.19. The van der Waals surface area contributed by atoms with Crippen molar-refractivity contribution >= 4 is 35.2 Å². The van der Waals surface area contributed by atoms with E-state index < -0.39 is 0 Å². The number of thioether (sulfide) groups is 1. The second kappa shape index (κ2) is 12.9. The molecule has 4 rings (SSSR count). The summed E-state index contributed by atoms with van der Waals surface area (Å²) >= 11 is 2.92. The van der Waals surface area contributed by atoms with Gasteiger partial charge >= 0.3 is 0 Å². The van der Waals surface area contributed by atoms with Crippen molar-refractivity contribution in [3.63, 3.8) is 0 Å². The zero-order chi connectivity index (χ0) is 25.2. The Bertz CT molecular complexity index is 1320. The molecular weight excluding hydrogens is 490 g/mol. The molecule has 0 atom stereocenters. The van der Waals surface area contributed by atoms with E-state index in [9.17, 15) is 4.79 Å². The van der Waals surface area contributed by atoms with Gasteiger partial charge in [0.1, 0.15) is 6.61 Å². The van der Waals surface area contributed by atoms with E-state index in [1.807, 2.05) is 79.0 Å². The van der Waals surface area contributed by atoms with Crippen LogP contribution in [0.2, 0.25) is 0 Å². The number of thiazole rings is 1.